The van der Waals surface area contributed by atoms with Crippen LogP contribution in [-0.2, 0) is 4.79 Å². The van der Waals surface area contributed by atoms with Gasteiger partial charge in [-0.25, -0.2) is 0 Å². The molecule has 0 atom stereocenters. The number of rotatable bonds is 2. The average Bonchev–Trinajstić information content (AvgIpc) is 3.00. The van der Waals surface area contributed by atoms with E-state index < -0.39 is 0 Å². The van der Waals surface area contributed by atoms with Crippen LogP contribution < -0.4 is 0 Å². The smallest absolute Gasteiger partial charge is 0.253 e. The van der Waals surface area contributed by atoms with Gasteiger partial charge in [0.05, 0.1) is 0 Å². The normalized spacial score (nSPS) is 19.4. The molecule has 2 amide bonds. The third kappa shape index (κ3) is 3.63. The highest BCUT2D eigenvalue weighted by Crippen LogP contribution is 2.27. The highest BCUT2D eigenvalue weighted by Gasteiger charge is 2.29. The fraction of sp³-hybridized carbons (Fsp3) is 0.600. The summed E-state index contributed by atoms with van der Waals surface area (Å²) in [6.45, 7) is 6.93. The number of hydrogen-bond donors (Lipinski definition) is 0. The van der Waals surface area contributed by atoms with Crippen molar-refractivity contribution in [3.05, 3.63) is 34.9 Å². The van der Waals surface area contributed by atoms with Gasteiger partial charge in [-0.2, -0.15) is 0 Å². The summed E-state index contributed by atoms with van der Waals surface area (Å²) in [5.41, 5.74) is 3.11. The Morgan fingerprint density at radius 3 is 2.25 bits per heavy atom. The van der Waals surface area contributed by atoms with Crippen molar-refractivity contribution in [2.45, 2.75) is 46.0 Å². The third-order valence-electron chi connectivity index (χ3n) is 5.55. The Bertz CT molecular complexity index is 620. The molecule has 1 heterocycles. The van der Waals surface area contributed by atoms with E-state index in [1.165, 1.54) is 18.4 Å². The Morgan fingerprint density at radius 2 is 1.54 bits per heavy atom. The number of nitrogens with zero attached hydrogens (tertiary/aromatic N) is 2. The summed E-state index contributed by atoms with van der Waals surface area (Å²) in [7, 11) is 0. The molecule has 24 heavy (non-hydrogen) atoms. The number of aryl methyl sites for hydroxylation is 2. The van der Waals surface area contributed by atoms with Crippen molar-refractivity contribution in [1.29, 1.82) is 0 Å². The second-order valence-electron chi connectivity index (χ2n) is 7.25. The van der Waals surface area contributed by atoms with Gasteiger partial charge in [0, 0.05) is 37.7 Å². The van der Waals surface area contributed by atoms with Gasteiger partial charge in [0.25, 0.3) is 5.91 Å². The van der Waals surface area contributed by atoms with Crippen LogP contribution in [0.1, 0.15) is 53.6 Å². The van der Waals surface area contributed by atoms with Crippen LogP contribution in [0, 0.1) is 19.8 Å². The molecule has 1 aromatic carbocycles. The molecular formula is C20H28N2O2. The maximum Gasteiger partial charge on any atom is 0.253 e. The highest BCUT2D eigenvalue weighted by molar-refractivity contribution is 5.94. The van der Waals surface area contributed by atoms with E-state index in [4.69, 9.17) is 0 Å². The summed E-state index contributed by atoms with van der Waals surface area (Å²) < 4.78 is 0. The van der Waals surface area contributed by atoms with Crippen LogP contribution in [0.5, 0.6) is 0 Å². The summed E-state index contributed by atoms with van der Waals surface area (Å²) >= 11 is 0. The van der Waals surface area contributed by atoms with Crippen LogP contribution in [0.15, 0.2) is 18.2 Å². The van der Waals surface area contributed by atoms with Crippen molar-refractivity contribution in [2.75, 3.05) is 26.2 Å². The molecule has 0 unspecified atom stereocenters. The summed E-state index contributed by atoms with van der Waals surface area (Å²) in [6, 6.07) is 5.90. The standard InChI is InChI=1S/C20H28N2O2/c1-15-8-9-18(14-16(15)2)20(24)22-11-5-10-21(12-13-22)19(23)17-6-3-4-7-17/h8-9,14,17H,3-7,10-13H2,1-2H3. The van der Waals surface area contributed by atoms with E-state index in [1.807, 2.05) is 34.9 Å². The van der Waals surface area contributed by atoms with Gasteiger partial charge >= 0.3 is 0 Å². The van der Waals surface area contributed by atoms with Crippen LogP contribution in [0.25, 0.3) is 0 Å². The average molecular weight is 328 g/mol. The van der Waals surface area contributed by atoms with E-state index in [2.05, 4.69) is 6.92 Å². The van der Waals surface area contributed by atoms with Gasteiger partial charge in [-0.3, -0.25) is 9.59 Å². The van der Waals surface area contributed by atoms with E-state index in [0.717, 1.165) is 43.5 Å². The highest BCUT2D eigenvalue weighted by atomic mass is 16.2. The number of benzene rings is 1. The molecule has 2 fully saturated rings. The summed E-state index contributed by atoms with van der Waals surface area (Å²) in [4.78, 5) is 29.3. The molecule has 4 heteroatoms. The second kappa shape index (κ2) is 7.37. The largest absolute Gasteiger partial charge is 0.341 e. The minimum atomic E-state index is 0.0910. The second-order valence-corrected chi connectivity index (χ2v) is 7.25. The molecule has 0 aromatic heterocycles. The Morgan fingerprint density at radius 1 is 0.875 bits per heavy atom. The van der Waals surface area contributed by atoms with Gasteiger partial charge in [-0.05, 0) is 56.4 Å². The lowest BCUT2D eigenvalue weighted by Crippen LogP contribution is -2.39. The molecule has 1 saturated carbocycles. The number of hydrogen-bond acceptors (Lipinski definition) is 2. The molecule has 130 valence electrons. The van der Waals surface area contributed by atoms with Gasteiger partial charge in [0.15, 0.2) is 0 Å². The minimum absolute atomic E-state index is 0.0910. The van der Waals surface area contributed by atoms with E-state index in [-0.39, 0.29) is 11.8 Å². The Kier molecular flexibility index (Phi) is 5.22. The minimum Gasteiger partial charge on any atom is -0.341 e. The van der Waals surface area contributed by atoms with Crippen LogP contribution in [0.3, 0.4) is 0 Å². The van der Waals surface area contributed by atoms with Crippen LogP contribution in [0.4, 0.5) is 0 Å². The fourth-order valence-corrected chi connectivity index (χ4v) is 3.83. The van der Waals surface area contributed by atoms with Crippen molar-refractivity contribution in [1.82, 2.24) is 9.80 Å². The summed E-state index contributed by atoms with van der Waals surface area (Å²) in [5.74, 6) is 0.633. The first-order valence-corrected chi connectivity index (χ1v) is 9.21. The monoisotopic (exact) mass is 328 g/mol. The molecule has 1 aromatic rings. The number of carbonyl (C=O) groups is 2. The molecule has 4 nitrogen and oxygen atoms in total. The molecule has 1 aliphatic heterocycles. The molecule has 0 spiro atoms. The van der Waals surface area contributed by atoms with Crippen molar-refractivity contribution < 1.29 is 9.59 Å². The zero-order chi connectivity index (χ0) is 17.1. The third-order valence-corrected chi connectivity index (χ3v) is 5.55. The number of amides is 2. The quantitative estimate of drug-likeness (QED) is 0.837. The fourth-order valence-electron chi connectivity index (χ4n) is 3.83. The van der Waals surface area contributed by atoms with E-state index in [1.54, 1.807) is 0 Å². The molecule has 3 rings (SSSR count). The van der Waals surface area contributed by atoms with Gasteiger partial charge in [-0.1, -0.05) is 18.9 Å². The first kappa shape index (κ1) is 17.0. The predicted octanol–water partition coefficient (Wildman–Crippen LogP) is 3.17. The Labute approximate surface area is 144 Å². The van der Waals surface area contributed by atoms with Gasteiger partial charge < -0.3 is 9.80 Å². The Balaban J connectivity index is 1.63. The van der Waals surface area contributed by atoms with Gasteiger partial charge in [0.2, 0.25) is 5.91 Å². The molecular weight excluding hydrogens is 300 g/mol. The molecule has 2 aliphatic rings. The van der Waals surface area contributed by atoms with Crippen molar-refractivity contribution in [3.63, 3.8) is 0 Å². The zero-order valence-electron chi connectivity index (χ0n) is 14.9. The molecule has 1 saturated heterocycles. The van der Waals surface area contributed by atoms with Crippen molar-refractivity contribution in [2.24, 2.45) is 5.92 Å². The topological polar surface area (TPSA) is 40.6 Å². The summed E-state index contributed by atoms with van der Waals surface area (Å²) in [5, 5.41) is 0. The van der Waals surface area contributed by atoms with Gasteiger partial charge in [-0.15, -0.1) is 0 Å². The van der Waals surface area contributed by atoms with E-state index in [9.17, 15) is 9.59 Å². The molecule has 0 radical (unpaired) electrons. The van der Waals surface area contributed by atoms with Crippen molar-refractivity contribution >= 4 is 11.8 Å². The lowest BCUT2D eigenvalue weighted by atomic mass is 10.1. The SMILES string of the molecule is Cc1ccc(C(=O)N2CCCN(C(=O)C3CCCC3)CC2)cc1C. The molecule has 1 aliphatic carbocycles. The van der Waals surface area contributed by atoms with Crippen molar-refractivity contribution in [3.8, 4) is 0 Å². The first-order chi connectivity index (χ1) is 11.6. The van der Waals surface area contributed by atoms with Crippen LogP contribution in [-0.4, -0.2) is 47.8 Å². The van der Waals surface area contributed by atoms with Gasteiger partial charge in [0.1, 0.15) is 0 Å². The van der Waals surface area contributed by atoms with Crippen LogP contribution >= 0.6 is 0 Å². The Hall–Kier alpha value is -1.84. The van der Waals surface area contributed by atoms with E-state index >= 15 is 0 Å². The zero-order valence-corrected chi connectivity index (χ0v) is 14.9. The van der Waals surface area contributed by atoms with Crippen LogP contribution in [0.2, 0.25) is 0 Å². The molecule has 0 bridgehead atoms. The molecule has 0 N–H and O–H groups in total. The van der Waals surface area contributed by atoms with E-state index in [0.29, 0.717) is 19.0 Å². The lowest BCUT2D eigenvalue weighted by molar-refractivity contribution is -0.135. The maximum atomic E-state index is 12.8. The predicted molar refractivity (Wildman–Crippen MR) is 95.0 cm³/mol. The number of carbonyl (C=O) groups excluding carboxylic acids is 2. The lowest BCUT2D eigenvalue weighted by Gasteiger charge is -2.24. The first-order valence-electron chi connectivity index (χ1n) is 9.21. The maximum absolute atomic E-state index is 12.8. The summed E-state index contributed by atoms with van der Waals surface area (Å²) in [6.07, 6.45) is 5.32.